The lowest BCUT2D eigenvalue weighted by Crippen LogP contribution is -2.12. The zero-order valence-corrected chi connectivity index (χ0v) is 9.00. The highest BCUT2D eigenvalue weighted by molar-refractivity contribution is 5.48. The van der Waals surface area contributed by atoms with E-state index in [-0.39, 0.29) is 0 Å². The topological polar surface area (TPSA) is 39.7 Å². The van der Waals surface area contributed by atoms with Crippen molar-refractivity contribution in [2.24, 2.45) is 0 Å². The van der Waals surface area contributed by atoms with E-state index in [2.05, 4.69) is 12.4 Å². The summed E-state index contributed by atoms with van der Waals surface area (Å²) in [5.41, 5.74) is 5.27. The second-order valence-corrected chi connectivity index (χ2v) is 3.35. The molecule has 0 atom stereocenters. The fourth-order valence-corrected chi connectivity index (χ4v) is 1.67. The smallest absolute Gasteiger partial charge is 0.231 e. The van der Waals surface area contributed by atoms with Gasteiger partial charge in [-0.3, -0.25) is 0 Å². The molecule has 0 aromatic heterocycles. The molecule has 15 heavy (non-hydrogen) atoms. The van der Waals surface area contributed by atoms with Gasteiger partial charge in [0.25, 0.3) is 0 Å². The molecule has 4 heteroatoms. The van der Waals surface area contributed by atoms with Crippen LogP contribution in [0, 0.1) is 0 Å². The lowest BCUT2D eigenvalue weighted by atomic mass is 10.0. The van der Waals surface area contributed by atoms with E-state index in [9.17, 15) is 0 Å². The van der Waals surface area contributed by atoms with Crippen molar-refractivity contribution in [3.05, 3.63) is 23.3 Å². The minimum Gasteiger partial charge on any atom is -0.454 e. The summed E-state index contributed by atoms with van der Waals surface area (Å²) in [6, 6.07) is 4.04. The third-order valence-corrected chi connectivity index (χ3v) is 2.48. The Balaban J connectivity index is 2.27. The molecule has 82 valence electrons. The molecule has 1 aromatic carbocycles. The third-order valence-electron chi connectivity index (χ3n) is 2.48. The minimum absolute atomic E-state index is 0.319. The minimum atomic E-state index is 0.319. The van der Waals surface area contributed by atoms with Crippen molar-refractivity contribution >= 4 is 0 Å². The van der Waals surface area contributed by atoms with Crippen LogP contribution in [-0.2, 0) is 17.8 Å². The number of ether oxygens (including phenoxy) is 2. The normalized spacial score (nSPS) is 13.2. The Morgan fingerprint density at radius 1 is 1.27 bits per heavy atom. The zero-order valence-electron chi connectivity index (χ0n) is 9.00. The molecule has 1 aliphatic heterocycles. The SMILES string of the molecule is CCc1cc2c(cc1CNOC)OCO2. The molecule has 0 fully saturated rings. The fourth-order valence-electron chi connectivity index (χ4n) is 1.67. The van der Waals surface area contributed by atoms with Gasteiger partial charge < -0.3 is 14.3 Å². The molecule has 0 radical (unpaired) electrons. The van der Waals surface area contributed by atoms with E-state index in [4.69, 9.17) is 14.3 Å². The molecule has 0 bridgehead atoms. The molecular formula is C11H15NO3. The maximum atomic E-state index is 5.33. The molecule has 0 amide bonds. The van der Waals surface area contributed by atoms with Crippen molar-refractivity contribution in [3.63, 3.8) is 0 Å². The lowest BCUT2D eigenvalue weighted by molar-refractivity contribution is 0.0865. The zero-order chi connectivity index (χ0) is 10.7. The number of aryl methyl sites for hydroxylation is 1. The van der Waals surface area contributed by atoms with Crippen LogP contribution in [-0.4, -0.2) is 13.9 Å². The van der Waals surface area contributed by atoms with Crippen LogP contribution in [0.1, 0.15) is 18.1 Å². The average molecular weight is 209 g/mol. The number of fused-ring (bicyclic) bond motifs is 1. The molecule has 0 aliphatic carbocycles. The van der Waals surface area contributed by atoms with Crippen LogP contribution in [0.15, 0.2) is 12.1 Å². The Labute approximate surface area is 89.1 Å². The van der Waals surface area contributed by atoms with E-state index in [1.165, 1.54) is 11.1 Å². The molecule has 1 N–H and O–H groups in total. The molecule has 4 nitrogen and oxygen atoms in total. The molecule has 0 saturated carbocycles. The van der Waals surface area contributed by atoms with E-state index in [1.54, 1.807) is 7.11 Å². The summed E-state index contributed by atoms with van der Waals surface area (Å²) in [5, 5.41) is 0. The molecular weight excluding hydrogens is 194 g/mol. The second kappa shape index (κ2) is 4.51. The van der Waals surface area contributed by atoms with Crippen LogP contribution in [0.3, 0.4) is 0 Å². The van der Waals surface area contributed by atoms with Gasteiger partial charge >= 0.3 is 0 Å². The Kier molecular flexibility index (Phi) is 3.08. The average Bonchev–Trinajstić information content (AvgIpc) is 2.71. The van der Waals surface area contributed by atoms with Crippen LogP contribution in [0.5, 0.6) is 11.5 Å². The van der Waals surface area contributed by atoms with Crippen LogP contribution < -0.4 is 15.0 Å². The first-order chi connectivity index (χ1) is 7.35. The van der Waals surface area contributed by atoms with Gasteiger partial charge in [0.2, 0.25) is 6.79 Å². The van der Waals surface area contributed by atoms with Crippen molar-refractivity contribution in [3.8, 4) is 11.5 Å². The van der Waals surface area contributed by atoms with E-state index >= 15 is 0 Å². The largest absolute Gasteiger partial charge is 0.454 e. The molecule has 1 aromatic rings. The molecule has 2 rings (SSSR count). The Bertz CT molecular complexity index is 352. The standard InChI is InChI=1S/C11H15NO3/c1-3-8-4-10-11(15-7-14-10)5-9(8)6-12-13-2/h4-5,12H,3,6-7H2,1-2H3. The van der Waals surface area contributed by atoms with Crippen molar-refractivity contribution < 1.29 is 14.3 Å². The second-order valence-electron chi connectivity index (χ2n) is 3.35. The van der Waals surface area contributed by atoms with E-state index in [0.29, 0.717) is 13.3 Å². The number of benzene rings is 1. The van der Waals surface area contributed by atoms with E-state index in [1.807, 2.05) is 12.1 Å². The van der Waals surface area contributed by atoms with Crippen molar-refractivity contribution in [2.75, 3.05) is 13.9 Å². The van der Waals surface area contributed by atoms with E-state index in [0.717, 1.165) is 17.9 Å². The first kappa shape index (κ1) is 10.3. The van der Waals surface area contributed by atoms with Crippen LogP contribution in [0.2, 0.25) is 0 Å². The quantitative estimate of drug-likeness (QED) is 0.765. The summed E-state index contributed by atoms with van der Waals surface area (Å²) >= 11 is 0. The van der Waals surface area contributed by atoms with Gasteiger partial charge in [0.1, 0.15) is 0 Å². The van der Waals surface area contributed by atoms with Gasteiger partial charge in [-0.1, -0.05) is 6.92 Å². The number of hydrogen-bond acceptors (Lipinski definition) is 4. The maximum absolute atomic E-state index is 5.33. The number of nitrogens with one attached hydrogen (secondary N) is 1. The van der Waals surface area contributed by atoms with Crippen LogP contribution in [0.4, 0.5) is 0 Å². The highest BCUT2D eigenvalue weighted by Gasteiger charge is 2.16. The Morgan fingerprint density at radius 3 is 2.53 bits per heavy atom. The third kappa shape index (κ3) is 2.06. The summed E-state index contributed by atoms with van der Waals surface area (Å²) in [6.45, 7) is 3.11. The van der Waals surface area contributed by atoms with Gasteiger partial charge in [-0.05, 0) is 29.7 Å². The van der Waals surface area contributed by atoms with Crippen molar-refractivity contribution in [1.82, 2.24) is 5.48 Å². The molecule has 1 aliphatic rings. The summed E-state index contributed by atoms with van der Waals surface area (Å²) in [5.74, 6) is 1.66. The summed E-state index contributed by atoms with van der Waals surface area (Å²) in [4.78, 5) is 4.84. The Hall–Kier alpha value is -1.26. The monoisotopic (exact) mass is 209 g/mol. The molecule has 0 unspecified atom stereocenters. The van der Waals surface area contributed by atoms with Gasteiger partial charge in [0.15, 0.2) is 11.5 Å². The molecule has 0 saturated heterocycles. The maximum Gasteiger partial charge on any atom is 0.231 e. The van der Waals surface area contributed by atoms with E-state index < -0.39 is 0 Å². The highest BCUT2D eigenvalue weighted by atomic mass is 16.7. The van der Waals surface area contributed by atoms with Crippen LogP contribution in [0.25, 0.3) is 0 Å². The van der Waals surface area contributed by atoms with Gasteiger partial charge in [0, 0.05) is 6.54 Å². The first-order valence-electron chi connectivity index (χ1n) is 5.02. The number of rotatable bonds is 4. The lowest BCUT2D eigenvalue weighted by Gasteiger charge is -2.09. The summed E-state index contributed by atoms with van der Waals surface area (Å²) < 4.78 is 10.7. The molecule has 1 heterocycles. The predicted octanol–water partition coefficient (Wildman–Crippen LogP) is 1.63. The van der Waals surface area contributed by atoms with Gasteiger partial charge in [-0.15, -0.1) is 0 Å². The predicted molar refractivity (Wildman–Crippen MR) is 55.8 cm³/mol. The summed E-state index contributed by atoms with van der Waals surface area (Å²) in [6.07, 6.45) is 0.970. The highest BCUT2D eigenvalue weighted by Crippen LogP contribution is 2.34. The number of hydroxylamine groups is 1. The van der Waals surface area contributed by atoms with Crippen molar-refractivity contribution in [1.29, 1.82) is 0 Å². The first-order valence-corrected chi connectivity index (χ1v) is 5.02. The number of hydrogen-bond donors (Lipinski definition) is 1. The van der Waals surface area contributed by atoms with Crippen LogP contribution >= 0.6 is 0 Å². The fraction of sp³-hybridized carbons (Fsp3) is 0.455. The van der Waals surface area contributed by atoms with Gasteiger partial charge in [-0.25, -0.2) is 0 Å². The Morgan fingerprint density at radius 2 is 1.93 bits per heavy atom. The van der Waals surface area contributed by atoms with Crippen molar-refractivity contribution in [2.45, 2.75) is 19.9 Å². The van der Waals surface area contributed by atoms with Gasteiger partial charge in [0.05, 0.1) is 7.11 Å². The van der Waals surface area contributed by atoms with Gasteiger partial charge in [-0.2, -0.15) is 5.48 Å². The molecule has 0 spiro atoms. The summed E-state index contributed by atoms with van der Waals surface area (Å²) in [7, 11) is 1.61.